The highest BCUT2D eigenvalue weighted by molar-refractivity contribution is 5.88. The molecule has 1 aliphatic heterocycles. The molecule has 1 saturated heterocycles. The molecule has 6 nitrogen and oxygen atoms in total. The van der Waals surface area contributed by atoms with Gasteiger partial charge in [-0.25, -0.2) is 9.78 Å². The van der Waals surface area contributed by atoms with Crippen LogP contribution in [0.25, 0.3) is 0 Å². The molecule has 1 saturated carbocycles. The molecule has 0 unspecified atom stereocenters. The highest BCUT2D eigenvalue weighted by Crippen LogP contribution is 2.35. The van der Waals surface area contributed by atoms with Crippen LogP contribution in [0.1, 0.15) is 65.0 Å². The number of hydrogen-bond acceptors (Lipinski definition) is 4. The van der Waals surface area contributed by atoms with Crippen molar-refractivity contribution in [2.24, 2.45) is 0 Å². The fourth-order valence-electron chi connectivity index (χ4n) is 3.30. The van der Waals surface area contributed by atoms with Gasteiger partial charge in [-0.2, -0.15) is 0 Å². The Morgan fingerprint density at radius 2 is 1.96 bits per heavy atom. The molecule has 1 aromatic rings. The van der Waals surface area contributed by atoms with Gasteiger partial charge >= 0.3 is 6.09 Å². The van der Waals surface area contributed by atoms with Crippen molar-refractivity contribution in [1.29, 1.82) is 0 Å². The summed E-state index contributed by atoms with van der Waals surface area (Å²) in [4.78, 5) is 32.4. The van der Waals surface area contributed by atoms with Crippen LogP contribution in [0.15, 0.2) is 18.3 Å². The van der Waals surface area contributed by atoms with Gasteiger partial charge in [-0.1, -0.05) is 6.07 Å². The molecular formula is C19H27N3O3. The van der Waals surface area contributed by atoms with Crippen molar-refractivity contribution in [1.82, 2.24) is 9.88 Å². The molecular weight excluding hydrogens is 318 g/mol. The second-order valence-corrected chi connectivity index (χ2v) is 7.90. The minimum absolute atomic E-state index is 0.0925. The second kappa shape index (κ2) is 6.65. The monoisotopic (exact) mass is 345 g/mol. The molecule has 0 bridgehead atoms. The van der Waals surface area contributed by atoms with Gasteiger partial charge in [0.05, 0.1) is 6.04 Å². The summed E-state index contributed by atoms with van der Waals surface area (Å²) in [6, 6.07) is 4.12. The molecule has 2 heterocycles. The zero-order valence-corrected chi connectivity index (χ0v) is 15.5. The summed E-state index contributed by atoms with van der Waals surface area (Å²) in [7, 11) is 0. The predicted molar refractivity (Wildman–Crippen MR) is 95.3 cm³/mol. The van der Waals surface area contributed by atoms with Crippen LogP contribution in [0, 0.1) is 0 Å². The molecule has 2 amide bonds. The van der Waals surface area contributed by atoms with Crippen LogP contribution in [0.2, 0.25) is 0 Å². The van der Waals surface area contributed by atoms with E-state index in [2.05, 4.69) is 4.98 Å². The maximum Gasteiger partial charge on any atom is 0.416 e. The molecule has 1 atom stereocenters. The van der Waals surface area contributed by atoms with Crippen LogP contribution in [0.4, 0.5) is 10.6 Å². The Hall–Kier alpha value is -2.11. The minimum atomic E-state index is -0.532. The lowest BCUT2D eigenvalue weighted by atomic mass is 10.1. The summed E-state index contributed by atoms with van der Waals surface area (Å²) in [6.07, 6.45) is 5.37. The lowest BCUT2D eigenvalue weighted by Crippen LogP contribution is -2.38. The number of nitrogens with zero attached hydrogens (tertiary/aromatic N) is 3. The zero-order chi connectivity index (χ0) is 18.2. The summed E-state index contributed by atoms with van der Waals surface area (Å²) < 4.78 is 5.53. The number of aromatic nitrogens is 1. The number of carbonyl (C=O) groups is 2. The smallest absolute Gasteiger partial charge is 0.416 e. The standard InChI is InChI=1S/C19H27N3O3/c1-13(23)21-11-5-6-16(21)14-7-10-17(20-12-14)22(15-8-9-15)18(24)25-19(2,3)4/h7,10,12,15-16H,5-6,8-9,11H2,1-4H3/t16-/m0/s1. The molecule has 3 rings (SSSR count). The highest BCUT2D eigenvalue weighted by Gasteiger charge is 2.37. The number of hydrogen-bond donors (Lipinski definition) is 0. The molecule has 2 fully saturated rings. The van der Waals surface area contributed by atoms with E-state index in [-0.39, 0.29) is 24.1 Å². The van der Waals surface area contributed by atoms with Gasteiger partial charge in [0.15, 0.2) is 0 Å². The van der Waals surface area contributed by atoms with E-state index in [0.717, 1.165) is 37.8 Å². The Balaban J connectivity index is 1.78. The van der Waals surface area contributed by atoms with Gasteiger partial charge in [-0.15, -0.1) is 0 Å². The quantitative estimate of drug-likeness (QED) is 0.838. The van der Waals surface area contributed by atoms with Gasteiger partial charge in [0.25, 0.3) is 0 Å². The van der Waals surface area contributed by atoms with Crippen molar-refractivity contribution >= 4 is 17.8 Å². The number of amides is 2. The molecule has 6 heteroatoms. The van der Waals surface area contributed by atoms with Crippen LogP contribution in [0.5, 0.6) is 0 Å². The Labute approximate surface area is 149 Å². The number of carbonyl (C=O) groups excluding carboxylic acids is 2. The van der Waals surface area contributed by atoms with Gasteiger partial charge in [0.2, 0.25) is 5.91 Å². The topological polar surface area (TPSA) is 62.7 Å². The van der Waals surface area contributed by atoms with E-state index in [1.54, 1.807) is 18.0 Å². The number of anilines is 1. The predicted octanol–water partition coefficient (Wildman–Crippen LogP) is 3.67. The first-order valence-corrected chi connectivity index (χ1v) is 9.01. The third-order valence-electron chi connectivity index (χ3n) is 4.56. The number of ether oxygens (including phenoxy) is 1. The molecule has 0 spiro atoms. The van der Waals surface area contributed by atoms with Crippen molar-refractivity contribution in [3.63, 3.8) is 0 Å². The molecule has 2 aliphatic rings. The second-order valence-electron chi connectivity index (χ2n) is 7.90. The molecule has 1 aromatic heterocycles. The van der Waals surface area contributed by atoms with Crippen LogP contribution < -0.4 is 4.90 Å². The molecule has 136 valence electrons. The van der Waals surface area contributed by atoms with Crippen molar-refractivity contribution in [3.05, 3.63) is 23.9 Å². The zero-order valence-electron chi connectivity index (χ0n) is 15.5. The van der Waals surface area contributed by atoms with E-state index >= 15 is 0 Å². The number of pyridine rings is 1. The van der Waals surface area contributed by atoms with E-state index in [1.807, 2.05) is 37.8 Å². The van der Waals surface area contributed by atoms with Gasteiger partial charge in [0, 0.05) is 25.7 Å². The Morgan fingerprint density at radius 3 is 2.48 bits per heavy atom. The first-order valence-electron chi connectivity index (χ1n) is 9.01. The molecule has 1 aliphatic carbocycles. The molecule has 25 heavy (non-hydrogen) atoms. The molecule has 0 N–H and O–H groups in total. The highest BCUT2D eigenvalue weighted by atomic mass is 16.6. The summed E-state index contributed by atoms with van der Waals surface area (Å²) in [5, 5.41) is 0. The lowest BCUT2D eigenvalue weighted by Gasteiger charge is -2.27. The molecule has 0 radical (unpaired) electrons. The lowest BCUT2D eigenvalue weighted by molar-refractivity contribution is -0.129. The maximum atomic E-state index is 12.5. The average molecular weight is 345 g/mol. The average Bonchev–Trinajstić information content (AvgIpc) is 3.21. The van der Waals surface area contributed by atoms with Crippen molar-refractivity contribution in [3.8, 4) is 0 Å². The maximum absolute atomic E-state index is 12.5. The van der Waals surface area contributed by atoms with Gasteiger partial charge < -0.3 is 9.64 Å². The largest absolute Gasteiger partial charge is 0.443 e. The van der Waals surface area contributed by atoms with E-state index in [1.165, 1.54) is 0 Å². The Kier molecular flexibility index (Phi) is 4.71. The molecule has 0 aromatic carbocycles. The SMILES string of the molecule is CC(=O)N1CCC[C@H]1c1ccc(N(C(=O)OC(C)(C)C)C2CC2)nc1. The third-order valence-corrected chi connectivity index (χ3v) is 4.56. The van der Waals surface area contributed by atoms with Crippen LogP contribution >= 0.6 is 0 Å². The van der Waals surface area contributed by atoms with Gasteiger partial charge in [0.1, 0.15) is 11.4 Å². The fourth-order valence-corrected chi connectivity index (χ4v) is 3.30. The van der Waals surface area contributed by atoms with Crippen LogP contribution in [0.3, 0.4) is 0 Å². The third kappa shape index (κ3) is 4.11. The normalized spacial score (nSPS) is 20.5. The summed E-state index contributed by atoms with van der Waals surface area (Å²) in [6.45, 7) is 8.00. The first-order chi connectivity index (χ1) is 11.8. The number of likely N-dealkylation sites (tertiary alicyclic amines) is 1. The van der Waals surface area contributed by atoms with Crippen molar-refractivity contribution in [2.75, 3.05) is 11.4 Å². The van der Waals surface area contributed by atoms with Gasteiger partial charge in [-0.3, -0.25) is 9.69 Å². The fraction of sp³-hybridized carbons (Fsp3) is 0.632. The summed E-state index contributed by atoms with van der Waals surface area (Å²) >= 11 is 0. The minimum Gasteiger partial charge on any atom is -0.443 e. The Morgan fingerprint density at radius 1 is 1.24 bits per heavy atom. The first kappa shape index (κ1) is 17.7. The van der Waals surface area contributed by atoms with Crippen LogP contribution in [-0.2, 0) is 9.53 Å². The van der Waals surface area contributed by atoms with E-state index in [0.29, 0.717) is 5.82 Å². The van der Waals surface area contributed by atoms with Crippen molar-refractivity contribution < 1.29 is 14.3 Å². The Bertz CT molecular complexity index is 647. The number of rotatable bonds is 3. The van der Waals surface area contributed by atoms with E-state index in [4.69, 9.17) is 4.74 Å². The summed E-state index contributed by atoms with van der Waals surface area (Å²) in [5.74, 6) is 0.716. The van der Waals surface area contributed by atoms with Gasteiger partial charge in [-0.05, 0) is 58.1 Å². The summed E-state index contributed by atoms with van der Waals surface area (Å²) in [5.41, 5.74) is 0.493. The van der Waals surface area contributed by atoms with E-state index < -0.39 is 5.60 Å². The van der Waals surface area contributed by atoms with E-state index in [9.17, 15) is 9.59 Å². The van der Waals surface area contributed by atoms with Crippen molar-refractivity contribution in [2.45, 2.75) is 71.1 Å². The van der Waals surface area contributed by atoms with Crippen LogP contribution in [-0.4, -0.2) is 40.1 Å².